The van der Waals surface area contributed by atoms with Crippen LogP contribution < -0.4 is 5.32 Å². The fourth-order valence-corrected chi connectivity index (χ4v) is 7.72. The Morgan fingerprint density at radius 3 is 1.91 bits per heavy atom. The van der Waals surface area contributed by atoms with E-state index in [0.29, 0.717) is 19.4 Å². The number of anilines is 1. The molecule has 7 nitrogen and oxygen atoms in total. The molecule has 3 heterocycles. The molecule has 0 saturated carbocycles. The summed E-state index contributed by atoms with van der Waals surface area (Å²) in [5.41, 5.74) is 2.20. The number of carbonyl (C=O) groups is 2. The van der Waals surface area contributed by atoms with Crippen molar-refractivity contribution in [2.75, 3.05) is 19.0 Å². The lowest BCUT2D eigenvalue weighted by Gasteiger charge is -2.49. The van der Waals surface area contributed by atoms with Gasteiger partial charge in [0.15, 0.2) is 0 Å². The number of methoxy groups -OCH3 is 1. The summed E-state index contributed by atoms with van der Waals surface area (Å²) < 4.78 is 5.11. The van der Waals surface area contributed by atoms with Crippen LogP contribution in [0.5, 0.6) is 0 Å². The average Bonchev–Trinajstić information content (AvgIpc) is 3.74. The van der Waals surface area contributed by atoms with Crippen LogP contribution in [0, 0.1) is 0 Å². The van der Waals surface area contributed by atoms with Crippen molar-refractivity contribution in [3.63, 3.8) is 0 Å². The summed E-state index contributed by atoms with van der Waals surface area (Å²) in [5, 5.41) is 16.3. The number of para-hydroxylation sites is 1. The smallest absolute Gasteiger partial charge is 0.328 e. The Bertz CT molecular complexity index is 1530. The second-order valence-electron chi connectivity index (χ2n) is 11.7. The minimum absolute atomic E-state index is 0.166. The van der Waals surface area contributed by atoms with Gasteiger partial charge >= 0.3 is 5.97 Å². The number of esters is 1. The number of amides is 1. The third kappa shape index (κ3) is 4.10. The van der Waals surface area contributed by atoms with Gasteiger partial charge in [-0.1, -0.05) is 109 Å². The first-order chi connectivity index (χ1) is 21.0. The lowest BCUT2D eigenvalue weighted by Crippen LogP contribution is -2.61. The van der Waals surface area contributed by atoms with Crippen molar-refractivity contribution in [2.45, 2.75) is 48.7 Å². The van der Waals surface area contributed by atoms with E-state index in [0.717, 1.165) is 27.9 Å². The quantitative estimate of drug-likeness (QED) is 0.253. The zero-order chi connectivity index (χ0) is 29.6. The lowest BCUT2D eigenvalue weighted by atomic mass is 9.74. The Morgan fingerprint density at radius 1 is 0.814 bits per heavy atom. The van der Waals surface area contributed by atoms with Crippen LogP contribution in [0.1, 0.15) is 41.5 Å². The van der Waals surface area contributed by atoms with E-state index < -0.39 is 35.4 Å². The monoisotopic (exact) mass is 573 g/mol. The molecule has 4 atom stereocenters. The molecule has 0 radical (unpaired) electrons. The highest BCUT2D eigenvalue weighted by Crippen LogP contribution is 2.56. The molecule has 4 aromatic carbocycles. The largest absolute Gasteiger partial charge is 0.467 e. The molecule has 0 unspecified atom stereocenters. The first-order valence-corrected chi connectivity index (χ1v) is 14.9. The van der Waals surface area contributed by atoms with Crippen molar-refractivity contribution in [1.29, 1.82) is 0 Å². The van der Waals surface area contributed by atoms with Crippen LogP contribution in [0.25, 0.3) is 0 Å². The molecule has 0 spiro atoms. The number of aliphatic hydroxyl groups is 1. The van der Waals surface area contributed by atoms with Gasteiger partial charge in [0.05, 0.1) is 18.7 Å². The summed E-state index contributed by atoms with van der Waals surface area (Å²) in [6.45, 7) is 0.463. The van der Waals surface area contributed by atoms with Crippen LogP contribution in [0.4, 0.5) is 5.69 Å². The molecule has 2 N–H and O–H groups in total. The second kappa shape index (κ2) is 10.7. The van der Waals surface area contributed by atoms with Gasteiger partial charge in [0.2, 0.25) is 5.91 Å². The molecule has 0 aromatic heterocycles. The molecule has 2 fully saturated rings. The van der Waals surface area contributed by atoms with Crippen molar-refractivity contribution in [3.8, 4) is 0 Å². The number of hydrogen-bond donors (Lipinski definition) is 2. The van der Waals surface area contributed by atoms with Gasteiger partial charge in [-0.2, -0.15) is 0 Å². The van der Waals surface area contributed by atoms with E-state index in [1.807, 2.05) is 78.9 Å². The van der Waals surface area contributed by atoms with Gasteiger partial charge in [0.25, 0.3) is 0 Å². The third-order valence-electron chi connectivity index (χ3n) is 9.51. The van der Waals surface area contributed by atoms with Gasteiger partial charge in [0, 0.05) is 24.2 Å². The number of carbonyl (C=O) groups excluding carboxylic acids is 2. The Hall–Kier alpha value is -4.46. The van der Waals surface area contributed by atoms with Crippen molar-refractivity contribution in [2.24, 2.45) is 0 Å². The summed E-state index contributed by atoms with van der Waals surface area (Å²) in [6.07, 6.45) is 0.799. The highest BCUT2D eigenvalue weighted by Gasteiger charge is 2.65. The van der Waals surface area contributed by atoms with Crippen molar-refractivity contribution >= 4 is 17.6 Å². The molecule has 7 rings (SSSR count). The number of benzene rings is 4. The fraction of sp³-hybridized carbons (Fsp3) is 0.278. The highest BCUT2D eigenvalue weighted by atomic mass is 16.5. The molecule has 43 heavy (non-hydrogen) atoms. The Balaban J connectivity index is 1.50. The number of hydrogen-bond acceptors (Lipinski definition) is 6. The van der Waals surface area contributed by atoms with E-state index in [1.165, 1.54) is 7.11 Å². The predicted molar refractivity (Wildman–Crippen MR) is 164 cm³/mol. The summed E-state index contributed by atoms with van der Waals surface area (Å²) >= 11 is 0. The second-order valence-corrected chi connectivity index (χ2v) is 11.7. The van der Waals surface area contributed by atoms with Crippen LogP contribution in [-0.2, 0) is 25.5 Å². The van der Waals surface area contributed by atoms with Crippen molar-refractivity contribution in [1.82, 2.24) is 9.80 Å². The SMILES string of the molecule is COC(=O)[C@@H]1CCCN1C(=O)[C@@H]1C[C@@]2(O)c3ccccc3N[C@H]2N1C(c1ccccc1)(c1ccccc1)c1ccccc1. The van der Waals surface area contributed by atoms with Gasteiger partial charge in [-0.05, 0) is 35.6 Å². The van der Waals surface area contributed by atoms with Crippen LogP contribution in [-0.4, -0.2) is 58.7 Å². The summed E-state index contributed by atoms with van der Waals surface area (Å²) in [6, 6.07) is 37.0. The average molecular weight is 574 g/mol. The van der Waals surface area contributed by atoms with E-state index in [-0.39, 0.29) is 12.3 Å². The van der Waals surface area contributed by atoms with Gasteiger partial charge in [-0.15, -0.1) is 0 Å². The minimum atomic E-state index is -1.36. The van der Waals surface area contributed by atoms with E-state index in [2.05, 4.69) is 46.6 Å². The number of rotatable bonds is 6. The fourth-order valence-electron chi connectivity index (χ4n) is 7.72. The molecule has 0 aliphatic carbocycles. The zero-order valence-electron chi connectivity index (χ0n) is 24.1. The number of nitrogens with one attached hydrogen (secondary N) is 1. The number of likely N-dealkylation sites (tertiary alicyclic amines) is 2. The normalized spacial score (nSPS) is 24.7. The summed E-state index contributed by atoms with van der Waals surface area (Å²) in [4.78, 5) is 31.5. The van der Waals surface area contributed by atoms with Gasteiger partial charge in [-0.3, -0.25) is 9.69 Å². The number of fused-ring (bicyclic) bond motifs is 3. The molecule has 2 saturated heterocycles. The first-order valence-electron chi connectivity index (χ1n) is 14.9. The van der Waals surface area contributed by atoms with Gasteiger partial charge < -0.3 is 20.1 Å². The molecular weight excluding hydrogens is 538 g/mol. The van der Waals surface area contributed by atoms with Gasteiger partial charge in [-0.25, -0.2) is 4.79 Å². The van der Waals surface area contributed by atoms with Crippen molar-refractivity contribution < 1.29 is 19.4 Å². The van der Waals surface area contributed by atoms with Crippen LogP contribution in [0.2, 0.25) is 0 Å². The van der Waals surface area contributed by atoms with E-state index in [4.69, 9.17) is 4.74 Å². The zero-order valence-corrected chi connectivity index (χ0v) is 24.1. The first kappa shape index (κ1) is 27.4. The Kier molecular flexibility index (Phi) is 6.79. The lowest BCUT2D eigenvalue weighted by molar-refractivity contribution is -0.153. The molecule has 3 aliphatic rings. The van der Waals surface area contributed by atoms with E-state index >= 15 is 0 Å². The van der Waals surface area contributed by atoms with E-state index in [9.17, 15) is 14.7 Å². The van der Waals surface area contributed by atoms with Crippen LogP contribution in [0.3, 0.4) is 0 Å². The predicted octanol–water partition coefficient (Wildman–Crippen LogP) is 4.86. The maximum atomic E-state index is 14.9. The number of nitrogens with zero attached hydrogens (tertiary/aromatic N) is 2. The summed E-state index contributed by atoms with van der Waals surface area (Å²) in [7, 11) is 1.37. The van der Waals surface area contributed by atoms with Gasteiger partial charge in [0.1, 0.15) is 17.8 Å². The molecule has 4 aromatic rings. The van der Waals surface area contributed by atoms with Crippen LogP contribution >= 0.6 is 0 Å². The van der Waals surface area contributed by atoms with Crippen molar-refractivity contribution in [3.05, 3.63) is 138 Å². The van der Waals surface area contributed by atoms with E-state index in [1.54, 1.807) is 4.90 Å². The Morgan fingerprint density at radius 2 is 1.35 bits per heavy atom. The molecule has 7 heteroatoms. The molecule has 0 bridgehead atoms. The molecule has 218 valence electrons. The summed E-state index contributed by atoms with van der Waals surface area (Å²) in [5.74, 6) is -0.583. The third-order valence-corrected chi connectivity index (χ3v) is 9.51. The number of ether oxygens (including phenoxy) is 1. The highest BCUT2D eigenvalue weighted by molar-refractivity contribution is 5.89. The Labute approximate surface area is 251 Å². The maximum absolute atomic E-state index is 14.9. The minimum Gasteiger partial charge on any atom is -0.467 e. The molecular formula is C36H35N3O4. The topological polar surface area (TPSA) is 82.1 Å². The maximum Gasteiger partial charge on any atom is 0.328 e. The van der Waals surface area contributed by atoms with Crippen LogP contribution in [0.15, 0.2) is 115 Å². The standard InChI is InChI=1S/C36H35N3O4/c1-43-33(41)30-22-13-23-38(30)32(40)31-24-35(42)28-20-11-12-21-29(28)37-34(35)39(31)36(25-14-5-2-6-15-25,26-16-7-3-8-17-26)27-18-9-4-10-19-27/h2-12,14-21,30-31,34,37,42H,13,22-24H2,1H3/t30-,31-,34-,35+/m0/s1. The molecule has 1 amide bonds. The molecule has 3 aliphatic heterocycles.